The minimum absolute atomic E-state index is 0.0592. The number of sulfonamides is 1. The molecule has 0 aliphatic carbocycles. The lowest BCUT2D eigenvalue weighted by molar-refractivity contribution is -0.120. The van der Waals surface area contributed by atoms with Crippen LogP contribution in [0.15, 0.2) is 71.6 Å². The number of anilines is 1. The first kappa shape index (κ1) is 25.9. The molecule has 0 radical (unpaired) electrons. The number of hydrogen-bond acceptors (Lipinski definition) is 6. The third-order valence-electron chi connectivity index (χ3n) is 5.54. The predicted molar refractivity (Wildman–Crippen MR) is 135 cm³/mol. The van der Waals surface area contributed by atoms with Crippen LogP contribution in [0.1, 0.15) is 24.1 Å². The van der Waals surface area contributed by atoms with Gasteiger partial charge in [0.05, 0.1) is 38.0 Å². The van der Waals surface area contributed by atoms with Crippen LogP contribution in [0.25, 0.3) is 0 Å². The Hall–Kier alpha value is -3.72. The van der Waals surface area contributed by atoms with Gasteiger partial charge in [-0.3, -0.25) is 9.10 Å². The van der Waals surface area contributed by atoms with Crippen molar-refractivity contribution < 1.29 is 27.4 Å². The number of ether oxygens (including phenoxy) is 3. The number of carbonyl (C=O) groups excluding carboxylic acids is 1. The number of nitrogens with one attached hydrogen (secondary N) is 1. The van der Waals surface area contributed by atoms with E-state index in [9.17, 15) is 13.2 Å². The number of rotatable bonds is 10. The first-order chi connectivity index (χ1) is 16.7. The SMILES string of the molecule is COc1ccc([C@@H](C)NC(=O)CN(c2cc(OC)ccc2OC)S(=O)(=O)c2ccc(C)cc2)cc1. The summed E-state index contributed by atoms with van der Waals surface area (Å²) in [6.45, 7) is 3.23. The van der Waals surface area contributed by atoms with Gasteiger partial charge >= 0.3 is 0 Å². The van der Waals surface area contributed by atoms with Gasteiger partial charge in [0, 0.05) is 6.07 Å². The Kier molecular flexibility index (Phi) is 8.24. The molecule has 1 atom stereocenters. The highest BCUT2D eigenvalue weighted by molar-refractivity contribution is 7.92. The molecule has 0 heterocycles. The standard InChI is InChI=1S/C26H30N2O6S/c1-18-6-13-23(14-7-18)35(30,31)28(24-16-22(33-4)12-15-25(24)34-5)17-26(29)27-19(2)20-8-10-21(32-3)11-9-20/h6-16,19H,17H2,1-5H3,(H,27,29)/t19-/m1/s1. The average molecular weight is 499 g/mol. The molecule has 186 valence electrons. The van der Waals surface area contributed by atoms with Gasteiger partial charge in [0.2, 0.25) is 5.91 Å². The zero-order chi connectivity index (χ0) is 25.6. The topological polar surface area (TPSA) is 94.2 Å². The van der Waals surface area contributed by atoms with Crippen LogP contribution in [0.2, 0.25) is 0 Å². The highest BCUT2D eigenvalue weighted by atomic mass is 32.2. The largest absolute Gasteiger partial charge is 0.497 e. The van der Waals surface area contributed by atoms with Gasteiger partial charge in [-0.1, -0.05) is 29.8 Å². The zero-order valence-electron chi connectivity index (χ0n) is 20.4. The molecule has 0 saturated heterocycles. The number of amides is 1. The van der Waals surface area contributed by atoms with Crippen LogP contribution in [0.3, 0.4) is 0 Å². The summed E-state index contributed by atoms with van der Waals surface area (Å²) in [5, 5.41) is 2.87. The summed E-state index contributed by atoms with van der Waals surface area (Å²) in [5.41, 5.74) is 1.96. The molecule has 1 N–H and O–H groups in total. The molecule has 8 nitrogen and oxygen atoms in total. The third-order valence-corrected chi connectivity index (χ3v) is 7.32. The van der Waals surface area contributed by atoms with Gasteiger partial charge in [-0.05, 0) is 55.8 Å². The van der Waals surface area contributed by atoms with E-state index >= 15 is 0 Å². The Morgan fingerprint density at radius 3 is 2.06 bits per heavy atom. The second kappa shape index (κ2) is 11.1. The Bertz CT molecular complexity index is 1260. The number of nitrogens with zero attached hydrogens (tertiary/aromatic N) is 1. The van der Waals surface area contributed by atoms with Gasteiger partial charge in [-0.25, -0.2) is 8.42 Å². The molecule has 0 bridgehead atoms. The summed E-state index contributed by atoms with van der Waals surface area (Å²) < 4.78 is 44.4. The van der Waals surface area contributed by atoms with Crippen LogP contribution in [0.5, 0.6) is 17.2 Å². The van der Waals surface area contributed by atoms with Gasteiger partial charge in [0.1, 0.15) is 23.8 Å². The van der Waals surface area contributed by atoms with Gasteiger partial charge in [-0.2, -0.15) is 0 Å². The summed E-state index contributed by atoms with van der Waals surface area (Å²) in [6.07, 6.45) is 0. The second-order valence-corrected chi connectivity index (χ2v) is 9.79. The van der Waals surface area contributed by atoms with E-state index in [4.69, 9.17) is 14.2 Å². The van der Waals surface area contributed by atoms with Gasteiger partial charge in [0.15, 0.2) is 0 Å². The molecule has 0 spiro atoms. The smallest absolute Gasteiger partial charge is 0.264 e. The second-order valence-electron chi connectivity index (χ2n) is 7.92. The fraction of sp³-hybridized carbons (Fsp3) is 0.269. The molecule has 0 saturated carbocycles. The number of aryl methyl sites for hydroxylation is 1. The Morgan fingerprint density at radius 1 is 0.886 bits per heavy atom. The van der Waals surface area contributed by atoms with Crippen molar-refractivity contribution in [1.82, 2.24) is 5.32 Å². The lowest BCUT2D eigenvalue weighted by Crippen LogP contribution is -2.41. The maximum absolute atomic E-state index is 13.7. The van der Waals surface area contributed by atoms with E-state index in [1.54, 1.807) is 43.5 Å². The van der Waals surface area contributed by atoms with Crippen LogP contribution < -0.4 is 23.8 Å². The fourth-order valence-electron chi connectivity index (χ4n) is 3.52. The fourth-order valence-corrected chi connectivity index (χ4v) is 4.95. The maximum atomic E-state index is 13.7. The van der Waals surface area contributed by atoms with Crippen molar-refractivity contribution in [2.45, 2.75) is 24.8 Å². The van der Waals surface area contributed by atoms with Gasteiger partial charge in [-0.15, -0.1) is 0 Å². The quantitative estimate of drug-likeness (QED) is 0.452. The summed E-state index contributed by atoms with van der Waals surface area (Å²) in [6, 6.07) is 18.2. The molecule has 3 aromatic rings. The van der Waals surface area contributed by atoms with E-state index in [1.807, 2.05) is 26.0 Å². The summed E-state index contributed by atoms with van der Waals surface area (Å²) in [7, 11) is 0.385. The summed E-state index contributed by atoms with van der Waals surface area (Å²) >= 11 is 0. The maximum Gasteiger partial charge on any atom is 0.264 e. The Morgan fingerprint density at radius 2 is 1.49 bits per heavy atom. The summed E-state index contributed by atoms with van der Waals surface area (Å²) in [4.78, 5) is 13.2. The number of benzene rings is 3. The van der Waals surface area contributed by atoms with Crippen molar-refractivity contribution in [2.24, 2.45) is 0 Å². The molecule has 0 aliphatic rings. The van der Waals surface area contributed by atoms with Crippen molar-refractivity contribution in [3.8, 4) is 17.2 Å². The molecule has 1 amide bonds. The predicted octanol–water partition coefficient (Wildman–Crippen LogP) is 4.09. The first-order valence-electron chi connectivity index (χ1n) is 10.9. The number of carbonyl (C=O) groups is 1. The Balaban J connectivity index is 1.97. The molecular formula is C26H30N2O6S. The van der Waals surface area contributed by atoms with Crippen molar-refractivity contribution in [3.63, 3.8) is 0 Å². The van der Waals surface area contributed by atoms with Crippen LogP contribution in [0.4, 0.5) is 5.69 Å². The minimum Gasteiger partial charge on any atom is -0.497 e. The van der Waals surface area contributed by atoms with Gasteiger partial charge in [0.25, 0.3) is 10.0 Å². The summed E-state index contributed by atoms with van der Waals surface area (Å²) in [5.74, 6) is 0.941. The lowest BCUT2D eigenvalue weighted by atomic mass is 10.1. The van der Waals surface area contributed by atoms with Crippen molar-refractivity contribution >= 4 is 21.6 Å². The number of methoxy groups -OCH3 is 3. The van der Waals surface area contributed by atoms with E-state index in [2.05, 4.69) is 5.32 Å². The van der Waals surface area contributed by atoms with Crippen LogP contribution >= 0.6 is 0 Å². The molecule has 0 unspecified atom stereocenters. The van der Waals surface area contributed by atoms with E-state index in [0.717, 1.165) is 15.4 Å². The molecular weight excluding hydrogens is 468 g/mol. The van der Waals surface area contributed by atoms with Crippen LogP contribution in [-0.2, 0) is 14.8 Å². The van der Waals surface area contributed by atoms with E-state index in [1.165, 1.54) is 32.4 Å². The molecule has 0 aliphatic heterocycles. The molecule has 35 heavy (non-hydrogen) atoms. The van der Waals surface area contributed by atoms with Crippen LogP contribution in [-0.4, -0.2) is 42.2 Å². The van der Waals surface area contributed by atoms with E-state index < -0.39 is 22.5 Å². The number of hydrogen-bond donors (Lipinski definition) is 1. The van der Waals surface area contributed by atoms with E-state index in [0.29, 0.717) is 11.5 Å². The first-order valence-corrected chi connectivity index (χ1v) is 12.4. The highest BCUT2D eigenvalue weighted by Crippen LogP contribution is 2.35. The highest BCUT2D eigenvalue weighted by Gasteiger charge is 2.30. The van der Waals surface area contributed by atoms with E-state index in [-0.39, 0.29) is 22.4 Å². The molecule has 0 aromatic heterocycles. The van der Waals surface area contributed by atoms with Gasteiger partial charge < -0.3 is 19.5 Å². The van der Waals surface area contributed by atoms with Crippen LogP contribution in [0, 0.1) is 6.92 Å². The normalized spacial score (nSPS) is 11.9. The zero-order valence-corrected chi connectivity index (χ0v) is 21.3. The Labute approximate surface area is 206 Å². The lowest BCUT2D eigenvalue weighted by Gasteiger charge is -2.27. The molecule has 3 aromatic carbocycles. The molecule has 0 fully saturated rings. The van der Waals surface area contributed by atoms with Crippen molar-refractivity contribution in [2.75, 3.05) is 32.2 Å². The molecule has 9 heteroatoms. The minimum atomic E-state index is -4.11. The average Bonchev–Trinajstić information content (AvgIpc) is 2.87. The monoisotopic (exact) mass is 498 g/mol. The molecule has 3 rings (SSSR count). The van der Waals surface area contributed by atoms with Crippen molar-refractivity contribution in [3.05, 3.63) is 77.9 Å². The third kappa shape index (κ3) is 6.05. The van der Waals surface area contributed by atoms with Crippen molar-refractivity contribution in [1.29, 1.82) is 0 Å².